The number of hydrogen-bond donors (Lipinski definition) is 1. The summed E-state index contributed by atoms with van der Waals surface area (Å²) < 4.78 is 11.5. The number of nitrogens with one attached hydrogen (secondary N) is 1. The SMILES string of the molecule is Cc1ccc(-c2nc3cc(NC(=O)COc4ccc(C(C)(C)C)cc4)ccc3o2)cc1Cl. The Balaban J connectivity index is 1.41. The molecule has 3 aromatic carbocycles. The first-order valence-electron chi connectivity index (χ1n) is 10.4. The molecule has 0 saturated heterocycles. The van der Waals surface area contributed by atoms with Crippen LogP contribution in [-0.2, 0) is 10.2 Å². The fourth-order valence-electron chi connectivity index (χ4n) is 3.25. The molecule has 0 unspecified atom stereocenters. The average molecular weight is 449 g/mol. The largest absolute Gasteiger partial charge is 0.484 e. The van der Waals surface area contributed by atoms with Gasteiger partial charge in [-0.1, -0.05) is 50.6 Å². The first-order valence-corrected chi connectivity index (χ1v) is 10.8. The summed E-state index contributed by atoms with van der Waals surface area (Å²) in [6, 6.07) is 18.8. The lowest BCUT2D eigenvalue weighted by molar-refractivity contribution is -0.118. The van der Waals surface area contributed by atoms with Crippen molar-refractivity contribution in [1.29, 1.82) is 0 Å². The van der Waals surface area contributed by atoms with Gasteiger partial charge in [-0.2, -0.15) is 0 Å². The second kappa shape index (κ2) is 8.67. The van der Waals surface area contributed by atoms with Crippen molar-refractivity contribution >= 4 is 34.3 Å². The highest BCUT2D eigenvalue weighted by Gasteiger charge is 2.14. The maximum atomic E-state index is 12.3. The van der Waals surface area contributed by atoms with Crippen LogP contribution in [0.5, 0.6) is 5.75 Å². The topological polar surface area (TPSA) is 64.4 Å². The molecule has 0 spiro atoms. The fourth-order valence-corrected chi connectivity index (χ4v) is 3.43. The summed E-state index contributed by atoms with van der Waals surface area (Å²) in [5.74, 6) is 0.882. The predicted molar refractivity (Wildman–Crippen MR) is 128 cm³/mol. The molecule has 0 aliphatic heterocycles. The molecule has 0 aliphatic carbocycles. The third-order valence-electron chi connectivity index (χ3n) is 5.18. The minimum absolute atomic E-state index is 0.0707. The summed E-state index contributed by atoms with van der Waals surface area (Å²) in [6.45, 7) is 8.32. The van der Waals surface area contributed by atoms with Crippen LogP contribution in [0.1, 0.15) is 31.9 Å². The molecule has 5 nitrogen and oxygen atoms in total. The Morgan fingerprint density at radius 3 is 2.50 bits per heavy atom. The van der Waals surface area contributed by atoms with E-state index in [0.29, 0.717) is 33.4 Å². The van der Waals surface area contributed by atoms with E-state index in [-0.39, 0.29) is 17.9 Å². The van der Waals surface area contributed by atoms with Crippen LogP contribution < -0.4 is 10.1 Å². The van der Waals surface area contributed by atoms with E-state index in [0.717, 1.165) is 11.1 Å². The second-order valence-corrected chi connectivity index (χ2v) is 9.18. The summed E-state index contributed by atoms with van der Waals surface area (Å²) in [7, 11) is 0. The number of hydrogen-bond acceptors (Lipinski definition) is 4. The van der Waals surface area contributed by atoms with Gasteiger partial charge in [0.25, 0.3) is 5.91 Å². The normalized spacial score (nSPS) is 11.5. The number of carbonyl (C=O) groups is 1. The Kier molecular flexibility index (Phi) is 5.94. The molecule has 0 radical (unpaired) electrons. The monoisotopic (exact) mass is 448 g/mol. The van der Waals surface area contributed by atoms with Gasteiger partial charge in [0, 0.05) is 16.3 Å². The second-order valence-electron chi connectivity index (χ2n) is 8.78. The van der Waals surface area contributed by atoms with Crippen LogP contribution in [0.2, 0.25) is 5.02 Å². The molecule has 1 amide bonds. The van der Waals surface area contributed by atoms with Gasteiger partial charge in [0.1, 0.15) is 11.3 Å². The van der Waals surface area contributed by atoms with Crippen molar-refractivity contribution in [2.45, 2.75) is 33.1 Å². The summed E-state index contributed by atoms with van der Waals surface area (Å²) in [5, 5.41) is 3.50. The van der Waals surface area contributed by atoms with Crippen LogP contribution in [0.25, 0.3) is 22.6 Å². The number of fused-ring (bicyclic) bond motifs is 1. The number of anilines is 1. The minimum atomic E-state index is -0.252. The zero-order valence-electron chi connectivity index (χ0n) is 18.5. The molecular weight excluding hydrogens is 424 g/mol. The summed E-state index contributed by atoms with van der Waals surface area (Å²) in [4.78, 5) is 16.9. The van der Waals surface area contributed by atoms with Crippen LogP contribution in [0, 0.1) is 6.92 Å². The first kappa shape index (κ1) is 21.9. The van der Waals surface area contributed by atoms with Crippen LogP contribution in [0.3, 0.4) is 0 Å². The number of aryl methyl sites for hydroxylation is 1. The molecule has 4 rings (SSSR count). The van der Waals surface area contributed by atoms with Crippen LogP contribution in [0.15, 0.2) is 65.1 Å². The van der Waals surface area contributed by atoms with E-state index < -0.39 is 0 Å². The zero-order valence-corrected chi connectivity index (χ0v) is 19.3. The van der Waals surface area contributed by atoms with Gasteiger partial charge in [-0.05, 0) is 65.9 Å². The number of nitrogens with zero attached hydrogens (tertiary/aromatic N) is 1. The van der Waals surface area contributed by atoms with Crippen molar-refractivity contribution in [2.75, 3.05) is 11.9 Å². The van der Waals surface area contributed by atoms with E-state index in [4.69, 9.17) is 20.8 Å². The number of rotatable bonds is 5. The maximum absolute atomic E-state index is 12.3. The molecule has 0 atom stereocenters. The molecule has 0 fully saturated rings. The lowest BCUT2D eigenvalue weighted by atomic mass is 9.87. The van der Waals surface area contributed by atoms with E-state index in [1.54, 1.807) is 18.2 Å². The van der Waals surface area contributed by atoms with Crippen molar-refractivity contribution in [1.82, 2.24) is 4.98 Å². The summed E-state index contributed by atoms with van der Waals surface area (Å²) >= 11 is 6.22. The molecule has 0 aliphatic rings. The van der Waals surface area contributed by atoms with Crippen molar-refractivity contribution in [2.24, 2.45) is 0 Å². The molecular formula is C26H25ClN2O3. The molecule has 32 heavy (non-hydrogen) atoms. The fraction of sp³-hybridized carbons (Fsp3) is 0.231. The van der Waals surface area contributed by atoms with E-state index >= 15 is 0 Å². The van der Waals surface area contributed by atoms with E-state index in [9.17, 15) is 4.79 Å². The van der Waals surface area contributed by atoms with Gasteiger partial charge in [0.15, 0.2) is 12.2 Å². The molecule has 6 heteroatoms. The number of aromatic nitrogens is 1. The van der Waals surface area contributed by atoms with Crippen molar-refractivity contribution in [3.05, 3.63) is 76.8 Å². The number of halogens is 1. The molecule has 4 aromatic rings. The predicted octanol–water partition coefficient (Wildman–Crippen LogP) is 6.77. The third-order valence-corrected chi connectivity index (χ3v) is 5.59. The molecule has 1 heterocycles. The standard InChI is InChI=1S/C26H25ClN2O3/c1-16-5-6-17(13-21(16)27)25-29-22-14-19(9-12-23(22)32-25)28-24(30)15-31-20-10-7-18(8-11-20)26(2,3)4/h5-14H,15H2,1-4H3,(H,28,30). The molecule has 1 aromatic heterocycles. The lowest BCUT2D eigenvalue weighted by Gasteiger charge is -2.19. The van der Waals surface area contributed by atoms with Gasteiger partial charge in [-0.3, -0.25) is 4.79 Å². The van der Waals surface area contributed by atoms with Gasteiger partial charge < -0.3 is 14.5 Å². The first-order chi connectivity index (χ1) is 15.2. The maximum Gasteiger partial charge on any atom is 0.262 e. The van der Waals surface area contributed by atoms with Gasteiger partial charge >= 0.3 is 0 Å². The zero-order chi connectivity index (χ0) is 22.9. The van der Waals surface area contributed by atoms with Crippen LogP contribution in [-0.4, -0.2) is 17.5 Å². The van der Waals surface area contributed by atoms with Crippen molar-refractivity contribution in [3.8, 4) is 17.2 Å². The highest BCUT2D eigenvalue weighted by atomic mass is 35.5. The molecule has 0 bridgehead atoms. The molecule has 164 valence electrons. The number of ether oxygens (including phenoxy) is 1. The van der Waals surface area contributed by atoms with Crippen LogP contribution >= 0.6 is 11.6 Å². The van der Waals surface area contributed by atoms with Crippen molar-refractivity contribution in [3.63, 3.8) is 0 Å². The van der Waals surface area contributed by atoms with Gasteiger partial charge in [0.05, 0.1) is 0 Å². The third kappa shape index (κ3) is 4.94. The van der Waals surface area contributed by atoms with Gasteiger partial charge in [-0.15, -0.1) is 0 Å². The van der Waals surface area contributed by atoms with Crippen LogP contribution in [0.4, 0.5) is 5.69 Å². The minimum Gasteiger partial charge on any atom is -0.484 e. The quantitative estimate of drug-likeness (QED) is 0.365. The average Bonchev–Trinajstić information content (AvgIpc) is 3.17. The summed E-state index contributed by atoms with van der Waals surface area (Å²) in [5.41, 5.74) is 4.97. The highest BCUT2D eigenvalue weighted by molar-refractivity contribution is 6.31. The Morgan fingerprint density at radius 1 is 1.06 bits per heavy atom. The number of carbonyl (C=O) groups excluding carboxylic acids is 1. The Labute approximate surface area is 192 Å². The van der Waals surface area contributed by atoms with E-state index in [1.807, 2.05) is 49.4 Å². The van der Waals surface area contributed by atoms with E-state index in [2.05, 4.69) is 31.1 Å². The Bertz CT molecular complexity index is 1270. The Morgan fingerprint density at radius 2 is 1.81 bits per heavy atom. The van der Waals surface area contributed by atoms with Gasteiger partial charge in [0.2, 0.25) is 5.89 Å². The molecule has 1 N–H and O–H groups in total. The van der Waals surface area contributed by atoms with Gasteiger partial charge in [-0.25, -0.2) is 4.98 Å². The highest BCUT2D eigenvalue weighted by Crippen LogP contribution is 2.29. The lowest BCUT2D eigenvalue weighted by Crippen LogP contribution is -2.20. The number of amides is 1. The smallest absolute Gasteiger partial charge is 0.262 e. The Hall–Kier alpha value is -3.31. The van der Waals surface area contributed by atoms with Crippen molar-refractivity contribution < 1.29 is 13.9 Å². The van der Waals surface area contributed by atoms with E-state index in [1.165, 1.54) is 5.56 Å². The number of oxazole rings is 1. The molecule has 0 saturated carbocycles. The number of benzene rings is 3. The summed E-state index contributed by atoms with van der Waals surface area (Å²) in [6.07, 6.45) is 0.